The van der Waals surface area contributed by atoms with E-state index >= 15 is 0 Å². The molecule has 0 radical (unpaired) electrons. The van der Waals surface area contributed by atoms with Crippen LogP contribution in [0.15, 0.2) is 23.8 Å². The van der Waals surface area contributed by atoms with Crippen LogP contribution in [-0.2, 0) is 0 Å². The number of hydrogen-bond donors (Lipinski definition) is 1. The molecule has 1 N–H and O–H groups in total. The Bertz CT molecular complexity index is 195. The third-order valence-corrected chi connectivity index (χ3v) is 2.50. The summed E-state index contributed by atoms with van der Waals surface area (Å²) >= 11 is 0. The molecule has 102 valence electrons. The van der Waals surface area contributed by atoms with Gasteiger partial charge in [-0.3, -0.25) is 0 Å². The molecule has 0 amide bonds. The Morgan fingerprint density at radius 2 is 1.88 bits per heavy atom. The molecule has 0 rings (SSSR count). The van der Waals surface area contributed by atoms with E-state index < -0.39 is 0 Å². The lowest BCUT2D eigenvalue weighted by molar-refractivity contribution is 0.342. The molecule has 0 saturated heterocycles. The van der Waals surface area contributed by atoms with Crippen molar-refractivity contribution in [3.63, 3.8) is 0 Å². The van der Waals surface area contributed by atoms with Crippen molar-refractivity contribution in [2.75, 3.05) is 33.7 Å². The first-order valence-corrected chi connectivity index (χ1v) is 6.86. The van der Waals surface area contributed by atoms with Crippen molar-refractivity contribution in [2.24, 2.45) is 0 Å². The molecule has 0 aliphatic carbocycles. The number of likely N-dealkylation sites (N-methyl/N-ethyl adjacent to an activating group) is 2. The van der Waals surface area contributed by atoms with Crippen LogP contribution in [-0.4, -0.2) is 38.6 Å². The van der Waals surface area contributed by atoms with Crippen LogP contribution < -0.4 is 5.32 Å². The van der Waals surface area contributed by atoms with Gasteiger partial charge in [0, 0.05) is 19.6 Å². The zero-order valence-corrected chi connectivity index (χ0v) is 12.7. The number of hydrogen-bond acceptors (Lipinski definition) is 2. The lowest BCUT2D eigenvalue weighted by Crippen LogP contribution is -2.27. The van der Waals surface area contributed by atoms with Crippen LogP contribution in [0.2, 0.25) is 0 Å². The highest BCUT2D eigenvalue weighted by atomic mass is 15.1. The fourth-order valence-corrected chi connectivity index (χ4v) is 1.16. The zero-order valence-electron chi connectivity index (χ0n) is 12.7. The highest BCUT2D eigenvalue weighted by Crippen LogP contribution is 1.98. The van der Waals surface area contributed by atoms with E-state index in [9.17, 15) is 0 Å². The minimum atomic E-state index is 1.06. The number of allylic oxidation sites excluding steroid dienone is 3. The van der Waals surface area contributed by atoms with Crippen molar-refractivity contribution in [2.45, 2.75) is 40.5 Å². The summed E-state index contributed by atoms with van der Waals surface area (Å²) in [4.78, 5) is 2.34. The minimum Gasteiger partial charge on any atom is -0.318 e. The average molecular weight is 240 g/mol. The summed E-state index contributed by atoms with van der Waals surface area (Å²) in [6.07, 6.45) is 8.90. The lowest BCUT2D eigenvalue weighted by Gasteiger charge is -2.14. The number of nitrogens with zero attached hydrogens (tertiary/aromatic N) is 1. The van der Waals surface area contributed by atoms with E-state index in [-0.39, 0.29) is 0 Å². The van der Waals surface area contributed by atoms with Crippen molar-refractivity contribution in [3.05, 3.63) is 23.8 Å². The van der Waals surface area contributed by atoms with Crippen molar-refractivity contribution < 1.29 is 0 Å². The van der Waals surface area contributed by atoms with Gasteiger partial charge < -0.3 is 10.2 Å². The minimum absolute atomic E-state index is 1.06. The van der Waals surface area contributed by atoms with E-state index in [1.54, 1.807) is 0 Å². The van der Waals surface area contributed by atoms with Gasteiger partial charge in [0.1, 0.15) is 0 Å². The van der Waals surface area contributed by atoms with Gasteiger partial charge in [0.25, 0.3) is 0 Å². The lowest BCUT2D eigenvalue weighted by atomic mass is 10.2. The van der Waals surface area contributed by atoms with Gasteiger partial charge in [-0.25, -0.2) is 0 Å². The van der Waals surface area contributed by atoms with Crippen molar-refractivity contribution in [1.82, 2.24) is 10.2 Å². The normalized spacial score (nSPS) is 11.8. The maximum atomic E-state index is 3.15. The van der Waals surface area contributed by atoms with Gasteiger partial charge in [-0.2, -0.15) is 0 Å². The maximum absolute atomic E-state index is 3.15. The molecule has 2 nitrogen and oxygen atoms in total. The SMILES string of the molecule is CC.CC/C(C)=C/C=C\CCN(C)CCNC. The summed E-state index contributed by atoms with van der Waals surface area (Å²) in [7, 11) is 4.16. The molecular weight excluding hydrogens is 208 g/mol. The Balaban J connectivity index is 0. The molecule has 0 unspecified atom stereocenters. The quantitative estimate of drug-likeness (QED) is 0.654. The van der Waals surface area contributed by atoms with E-state index in [0.717, 1.165) is 32.5 Å². The highest BCUT2D eigenvalue weighted by Gasteiger charge is 1.93. The summed E-state index contributed by atoms with van der Waals surface area (Å²) in [5, 5.41) is 3.15. The van der Waals surface area contributed by atoms with Crippen molar-refractivity contribution in [3.8, 4) is 0 Å². The van der Waals surface area contributed by atoms with Crippen LogP contribution in [0.4, 0.5) is 0 Å². The Kier molecular flexibility index (Phi) is 17.0. The molecule has 0 heterocycles. The Morgan fingerprint density at radius 3 is 2.41 bits per heavy atom. The van der Waals surface area contributed by atoms with Crippen LogP contribution in [0, 0.1) is 0 Å². The van der Waals surface area contributed by atoms with Gasteiger partial charge in [-0.05, 0) is 33.9 Å². The first kappa shape index (κ1) is 18.8. The Morgan fingerprint density at radius 1 is 1.24 bits per heavy atom. The smallest absolute Gasteiger partial charge is 0.0104 e. The van der Waals surface area contributed by atoms with Gasteiger partial charge in [0.2, 0.25) is 0 Å². The maximum Gasteiger partial charge on any atom is 0.0104 e. The third kappa shape index (κ3) is 15.4. The van der Waals surface area contributed by atoms with Crippen molar-refractivity contribution in [1.29, 1.82) is 0 Å². The summed E-state index contributed by atoms with van der Waals surface area (Å²) in [5.74, 6) is 0. The van der Waals surface area contributed by atoms with Gasteiger partial charge in [0.15, 0.2) is 0 Å². The average Bonchev–Trinajstić information content (AvgIpc) is 2.37. The van der Waals surface area contributed by atoms with Crippen LogP contribution in [0.3, 0.4) is 0 Å². The molecule has 0 atom stereocenters. The molecule has 17 heavy (non-hydrogen) atoms. The predicted molar refractivity (Wildman–Crippen MR) is 80.6 cm³/mol. The largest absolute Gasteiger partial charge is 0.318 e. The van der Waals surface area contributed by atoms with Crippen LogP contribution in [0.1, 0.15) is 40.5 Å². The Hall–Kier alpha value is -0.600. The number of nitrogens with one attached hydrogen (secondary N) is 1. The Labute approximate surface area is 109 Å². The van der Waals surface area contributed by atoms with E-state index in [2.05, 4.69) is 49.3 Å². The summed E-state index contributed by atoms with van der Waals surface area (Å²) in [6.45, 7) is 11.7. The predicted octanol–water partition coefficient (Wildman–Crippen LogP) is 3.47. The molecule has 0 saturated carbocycles. The van der Waals surface area contributed by atoms with Crippen LogP contribution >= 0.6 is 0 Å². The van der Waals surface area contributed by atoms with Crippen LogP contribution in [0.5, 0.6) is 0 Å². The molecule has 0 bridgehead atoms. The summed E-state index contributed by atoms with van der Waals surface area (Å²) in [6, 6.07) is 0. The van der Waals surface area contributed by atoms with E-state index in [0.29, 0.717) is 0 Å². The van der Waals surface area contributed by atoms with Gasteiger partial charge in [-0.1, -0.05) is 44.6 Å². The summed E-state index contributed by atoms with van der Waals surface area (Å²) < 4.78 is 0. The topological polar surface area (TPSA) is 15.3 Å². The molecule has 0 aromatic heterocycles. The van der Waals surface area contributed by atoms with E-state index in [1.165, 1.54) is 5.57 Å². The molecular formula is C15H32N2. The monoisotopic (exact) mass is 240 g/mol. The van der Waals surface area contributed by atoms with Crippen LogP contribution in [0.25, 0.3) is 0 Å². The van der Waals surface area contributed by atoms with Gasteiger partial charge in [0.05, 0.1) is 0 Å². The second-order valence-electron chi connectivity index (χ2n) is 3.99. The standard InChI is InChI=1S/C13H26N2.C2H6/c1-5-13(2)9-7-6-8-11-15(4)12-10-14-3;1-2/h6-7,9,14H,5,8,10-12H2,1-4H3;1-2H3/b7-6-,13-9+;. The first-order valence-electron chi connectivity index (χ1n) is 6.86. The molecule has 0 aromatic rings. The van der Waals surface area contributed by atoms with Gasteiger partial charge >= 0.3 is 0 Å². The van der Waals surface area contributed by atoms with E-state index in [4.69, 9.17) is 0 Å². The number of rotatable bonds is 8. The first-order chi connectivity index (χ1) is 8.20. The summed E-state index contributed by atoms with van der Waals surface area (Å²) in [5.41, 5.74) is 1.44. The van der Waals surface area contributed by atoms with Gasteiger partial charge in [-0.15, -0.1) is 0 Å². The zero-order chi connectivity index (χ0) is 13.5. The highest BCUT2D eigenvalue weighted by molar-refractivity contribution is 5.09. The molecule has 0 aliphatic heterocycles. The molecule has 0 aromatic carbocycles. The second-order valence-corrected chi connectivity index (χ2v) is 3.99. The fourth-order valence-electron chi connectivity index (χ4n) is 1.16. The molecule has 0 spiro atoms. The van der Waals surface area contributed by atoms with Crippen molar-refractivity contribution >= 4 is 0 Å². The molecule has 0 aliphatic rings. The molecule has 0 fully saturated rings. The van der Waals surface area contributed by atoms with E-state index in [1.807, 2.05) is 20.9 Å². The molecule has 2 heteroatoms. The third-order valence-electron chi connectivity index (χ3n) is 2.50. The fraction of sp³-hybridized carbons (Fsp3) is 0.733. The second kappa shape index (κ2) is 15.4.